The van der Waals surface area contributed by atoms with Gasteiger partial charge in [0, 0.05) is 38.9 Å². The molecular formula is C15H27N5O. The van der Waals surface area contributed by atoms with Gasteiger partial charge >= 0.3 is 6.03 Å². The molecule has 0 spiro atoms. The van der Waals surface area contributed by atoms with Crippen molar-refractivity contribution in [3.05, 3.63) is 18.0 Å². The van der Waals surface area contributed by atoms with Crippen LogP contribution in [0.25, 0.3) is 0 Å². The largest absolute Gasteiger partial charge is 0.336 e. The second kappa shape index (κ2) is 6.93. The fourth-order valence-electron chi connectivity index (χ4n) is 2.68. The van der Waals surface area contributed by atoms with Crippen LogP contribution < -0.4 is 5.32 Å². The molecule has 0 radical (unpaired) electrons. The monoisotopic (exact) mass is 293 g/mol. The Hall–Kier alpha value is -1.56. The highest BCUT2D eigenvalue weighted by Gasteiger charge is 2.22. The minimum atomic E-state index is 0.0117. The summed E-state index contributed by atoms with van der Waals surface area (Å²) in [6.45, 7) is 1.46. The number of hydrogen-bond acceptors (Lipinski definition) is 3. The number of hydrogen-bond donors (Lipinski definition) is 1. The Kier molecular flexibility index (Phi) is 5.22. The Balaban J connectivity index is 1.84. The third-order valence-corrected chi connectivity index (χ3v) is 4.28. The summed E-state index contributed by atoms with van der Waals surface area (Å²) in [6.07, 6.45) is 7.68. The van der Waals surface area contributed by atoms with Gasteiger partial charge in [0.1, 0.15) is 0 Å². The van der Waals surface area contributed by atoms with E-state index in [-0.39, 0.29) is 12.1 Å². The number of carbonyl (C=O) groups is 1. The number of nitrogens with one attached hydrogen (secondary N) is 1. The van der Waals surface area contributed by atoms with Crippen molar-refractivity contribution in [1.82, 2.24) is 24.9 Å². The Bertz CT molecular complexity index is 466. The summed E-state index contributed by atoms with van der Waals surface area (Å²) in [4.78, 5) is 16.1. The zero-order valence-corrected chi connectivity index (χ0v) is 13.5. The molecule has 1 aromatic heterocycles. The van der Waals surface area contributed by atoms with Crippen molar-refractivity contribution in [3.63, 3.8) is 0 Å². The first-order valence-corrected chi connectivity index (χ1v) is 7.61. The van der Waals surface area contributed by atoms with Gasteiger partial charge in [0.2, 0.25) is 0 Å². The van der Waals surface area contributed by atoms with E-state index >= 15 is 0 Å². The molecule has 6 nitrogen and oxygen atoms in total. The standard InChI is InChI=1S/C15H27N5O/c1-18(2)14(13-8-17-20(4)11-13)9-16-15(21)19(3)10-12-6-5-7-12/h8,11-12,14H,5-7,9-10H2,1-4H3,(H,16,21). The first-order chi connectivity index (χ1) is 9.97. The predicted octanol–water partition coefficient (Wildman–Crippen LogP) is 1.46. The molecule has 0 bridgehead atoms. The van der Waals surface area contributed by atoms with E-state index in [1.54, 1.807) is 9.58 Å². The second-order valence-electron chi connectivity index (χ2n) is 6.29. The lowest BCUT2D eigenvalue weighted by atomic mass is 9.85. The fraction of sp³-hybridized carbons (Fsp3) is 0.733. The van der Waals surface area contributed by atoms with E-state index in [0.29, 0.717) is 12.5 Å². The summed E-state index contributed by atoms with van der Waals surface area (Å²) in [5, 5.41) is 7.24. The van der Waals surface area contributed by atoms with Gasteiger partial charge in [-0.25, -0.2) is 4.79 Å². The Morgan fingerprint density at radius 1 is 1.48 bits per heavy atom. The fourth-order valence-corrected chi connectivity index (χ4v) is 2.68. The van der Waals surface area contributed by atoms with Crippen LogP contribution in [-0.2, 0) is 7.05 Å². The molecule has 1 aliphatic carbocycles. The van der Waals surface area contributed by atoms with E-state index in [0.717, 1.165) is 12.1 Å². The number of aromatic nitrogens is 2. The van der Waals surface area contributed by atoms with Crippen molar-refractivity contribution < 1.29 is 4.79 Å². The molecule has 1 saturated carbocycles. The molecule has 21 heavy (non-hydrogen) atoms. The van der Waals surface area contributed by atoms with E-state index in [9.17, 15) is 4.79 Å². The molecule has 1 fully saturated rings. The number of likely N-dealkylation sites (N-methyl/N-ethyl adjacent to an activating group) is 1. The topological polar surface area (TPSA) is 53.4 Å². The normalized spacial score (nSPS) is 16.6. The van der Waals surface area contributed by atoms with E-state index in [4.69, 9.17) is 0 Å². The van der Waals surface area contributed by atoms with Gasteiger partial charge < -0.3 is 15.1 Å². The minimum absolute atomic E-state index is 0.0117. The molecule has 2 amide bonds. The van der Waals surface area contributed by atoms with E-state index in [1.165, 1.54) is 19.3 Å². The van der Waals surface area contributed by atoms with Crippen LogP contribution in [0, 0.1) is 5.92 Å². The molecule has 2 rings (SSSR count). The number of nitrogens with zero attached hydrogens (tertiary/aromatic N) is 4. The second-order valence-corrected chi connectivity index (χ2v) is 6.29. The average molecular weight is 293 g/mol. The van der Waals surface area contributed by atoms with Crippen molar-refractivity contribution in [3.8, 4) is 0 Å². The van der Waals surface area contributed by atoms with Gasteiger partial charge in [-0.3, -0.25) is 4.68 Å². The molecule has 1 aromatic rings. The third kappa shape index (κ3) is 4.20. The van der Waals surface area contributed by atoms with Crippen LogP contribution in [0.1, 0.15) is 30.9 Å². The summed E-state index contributed by atoms with van der Waals surface area (Å²) in [5.74, 6) is 0.698. The number of amides is 2. The highest BCUT2D eigenvalue weighted by atomic mass is 16.2. The first-order valence-electron chi connectivity index (χ1n) is 7.61. The van der Waals surface area contributed by atoms with Crippen molar-refractivity contribution >= 4 is 6.03 Å². The lowest BCUT2D eigenvalue weighted by Gasteiger charge is -2.31. The van der Waals surface area contributed by atoms with Crippen molar-refractivity contribution in [2.24, 2.45) is 13.0 Å². The average Bonchev–Trinajstić information content (AvgIpc) is 2.79. The van der Waals surface area contributed by atoms with Gasteiger partial charge in [0.15, 0.2) is 0 Å². The Labute approximate surface area is 127 Å². The maximum absolute atomic E-state index is 12.2. The molecule has 118 valence electrons. The lowest BCUT2D eigenvalue weighted by molar-refractivity contribution is 0.178. The number of rotatable bonds is 6. The number of aryl methyl sites for hydroxylation is 1. The lowest BCUT2D eigenvalue weighted by Crippen LogP contribution is -2.43. The summed E-state index contributed by atoms with van der Waals surface area (Å²) in [7, 11) is 7.81. The molecule has 1 unspecified atom stereocenters. The van der Waals surface area contributed by atoms with Crippen LogP contribution in [0.4, 0.5) is 4.79 Å². The van der Waals surface area contributed by atoms with E-state index < -0.39 is 0 Å². The smallest absolute Gasteiger partial charge is 0.317 e. The summed E-state index contributed by atoms with van der Waals surface area (Å²) < 4.78 is 1.79. The van der Waals surface area contributed by atoms with E-state index in [2.05, 4.69) is 15.3 Å². The van der Waals surface area contributed by atoms with Crippen LogP contribution in [0.15, 0.2) is 12.4 Å². The van der Waals surface area contributed by atoms with Crippen LogP contribution in [-0.4, -0.2) is 59.8 Å². The Morgan fingerprint density at radius 2 is 2.19 bits per heavy atom. The van der Waals surface area contributed by atoms with Gasteiger partial charge in [-0.2, -0.15) is 5.10 Å². The first kappa shape index (κ1) is 15.8. The van der Waals surface area contributed by atoms with Gasteiger partial charge in [-0.05, 0) is 32.9 Å². The molecule has 1 heterocycles. The predicted molar refractivity (Wildman–Crippen MR) is 83.0 cm³/mol. The highest BCUT2D eigenvalue weighted by Crippen LogP contribution is 2.26. The van der Waals surface area contributed by atoms with Crippen molar-refractivity contribution in [1.29, 1.82) is 0 Å². The van der Waals surface area contributed by atoms with Crippen LogP contribution in [0.2, 0.25) is 0 Å². The molecule has 1 atom stereocenters. The molecule has 0 aliphatic heterocycles. The summed E-state index contributed by atoms with van der Waals surface area (Å²) in [5.41, 5.74) is 1.12. The maximum atomic E-state index is 12.2. The van der Waals surface area contributed by atoms with Crippen LogP contribution >= 0.6 is 0 Å². The van der Waals surface area contributed by atoms with Crippen LogP contribution in [0.5, 0.6) is 0 Å². The molecule has 0 aromatic carbocycles. The zero-order chi connectivity index (χ0) is 15.4. The zero-order valence-electron chi connectivity index (χ0n) is 13.5. The molecule has 1 aliphatic rings. The van der Waals surface area contributed by atoms with Gasteiger partial charge in [-0.1, -0.05) is 6.42 Å². The van der Waals surface area contributed by atoms with Crippen LogP contribution in [0.3, 0.4) is 0 Å². The number of carbonyl (C=O) groups excluding carboxylic acids is 1. The minimum Gasteiger partial charge on any atom is -0.336 e. The quantitative estimate of drug-likeness (QED) is 0.864. The van der Waals surface area contributed by atoms with Gasteiger partial charge in [0.25, 0.3) is 0 Å². The van der Waals surface area contributed by atoms with Crippen molar-refractivity contribution in [2.75, 3.05) is 34.2 Å². The van der Waals surface area contributed by atoms with E-state index in [1.807, 2.05) is 40.6 Å². The van der Waals surface area contributed by atoms with Crippen molar-refractivity contribution in [2.45, 2.75) is 25.3 Å². The van der Waals surface area contributed by atoms with Gasteiger partial charge in [0.05, 0.1) is 12.2 Å². The Morgan fingerprint density at radius 3 is 2.67 bits per heavy atom. The molecule has 0 saturated heterocycles. The summed E-state index contributed by atoms with van der Waals surface area (Å²) in [6, 6.07) is 0.150. The van der Waals surface area contributed by atoms with Gasteiger partial charge in [-0.15, -0.1) is 0 Å². The molecule has 6 heteroatoms. The maximum Gasteiger partial charge on any atom is 0.317 e. The number of urea groups is 1. The molecule has 1 N–H and O–H groups in total. The highest BCUT2D eigenvalue weighted by molar-refractivity contribution is 5.73. The third-order valence-electron chi connectivity index (χ3n) is 4.28. The summed E-state index contributed by atoms with van der Waals surface area (Å²) >= 11 is 0. The SMILES string of the molecule is CN(CC1CCC1)C(=O)NCC(c1cnn(C)c1)N(C)C. The molecular weight excluding hydrogens is 266 g/mol.